The van der Waals surface area contributed by atoms with Crippen molar-refractivity contribution in [3.63, 3.8) is 0 Å². The van der Waals surface area contributed by atoms with Crippen molar-refractivity contribution < 1.29 is 33.0 Å². The number of phenols is 1. The number of carbonyl (C=O) groups excluding carboxylic acids is 1. The van der Waals surface area contributed by atoms with E-state index in [0.717, 1.165) is 23.3 Å². The number of carbonyl (C=O) groups is 2. The van der Waals surface area contributed by atoms with Crippen molar-refractivity contribution in [3.05, 3.63) is 94.2 Å². The van der Waals surface area contributed by atoms with Crippen LogP contribution in [0.1, 0.15) is 41.2 Å². The summed E-state index contributed by atoms with van der Waals surface area (Å²) in [6.07, 6.45) is -1.50. The molecular weight excluding hydrogens is 497 g/mol. The molecule has 0 fully saturated rings. The van der Waals surface area contributed by atoms with Gasteiger partial charge in [-0.3, -0.25) is 9.69 Å². The zero-order valence-corrected chi connectivity index (χ0v) is 20.8. The summed E-state index contributed by atoms with van der Waals surface area (Å²) in [4.78, 5) is 26.0. The van der Waals surface area contributed by atoms with Gasteiger partial charge in [0.2, 0.25) is 0 Å². The van der Waals surface area contributed by atoms with E-state index in [4.69, 9.17) is 0 Å². The quantitative estimate of drug-likeness (QED) is 0.239. The van der Waals surface area contributed by atoms with Crippen molar-refractivity contribution in [1.29, 1.82) is 0 Å². The number of fused-ring (bicyclic) bond motifs is 1. The summed E-state index contributed by atoms with van der Waals surface area (Å²) in [7, 11) is 0. The maximum Gasteiger partial charge on any atom is 0.416 e. The molecule has 1 heterocycles. The second kappa shape index (κ2) is 10.1. The number of alkyl halides is 3. The van der Waals surface area contributed by atoms with Crippen molar-refractivity contribution in [1.82, 2.24) is 0 Å². The minimum absolute atomic E-state index is 0.103. The number of hydrogen-bond acceptors (Lipinski definition) is 4. The first-order valence-corrected chi connectivity index (χ1v) is 11.8. The lowest BCUT2D eigenvalue weighted by molar-refractivity contribution is -0.137. The van der Waals surface area contributed by atoms with Crippen LogP contribution in [0.15, 0.2) is 66.4 Å². The smallest absolute Gasteiger partial charge is 0.416 e. The molecule has 3 aromatic rings. The number of phenolic OH excluding ortho intramolecular Hbond substituents is 1. The number of nitrogens with zero attached hydrogens (tertiary/aromatic N) is 1. The number of amides is 1. The third kappa shape index (κ3) is 5.13. The molecule has 196 valence electrons. The average molecular weight is 523 g/mol. The van der Waals surface area contributed by atoms with Crippen molar-refractivity contribution in [3.8, 4) is 5.75 Å². The second-order valence-electron chi connectivity index (χ2n) is 8.95. The standard InChI is InChI=1S/C29H25F3N2O4/c1-4-19(28(37)38)12-18-6-10-24(26(35)13-18)33-15-23-22-9-7-20(29(30,31)32)14-25(22)34(27(23)36)21-8-5-16(2)17(3)11-21/h5-15,33,35H,4H2,1-3H3,(H,37,38). The van der Waals surface area contributed by atoms with Gasteiger partial charge >= 0.3 is 12.1 Å². The lowest BCUT2D eigenvalue weighted by Crippen LogP contribution is -2.21. The van der Waals surface area contributed by atoms with E-state index in [1.165, 1.54) is 35.4 Å². The number of aliphatic carboxylic acids is 1. The molecule has 0 saturated heterocycles. The Kier molecular flexibility index (Phi) is 7.04. The normalized spacial score (nSPS) is 14.7. The Bertz CT molecular complexity index is 1510. The highest BCUT2D eigenvalue weighted by atomic mass is 19.4. The predicted octanol–water partition coefficient (Wildman–Crippen LogP) is 7.04. The number of rotatable bonds is 6. The monoisotopic (exact) mass is 522 g/mol. The van der Waals surface area contributed by atoms with Crippen LogP contribution in [0.3, 0.4) is 0 Å². The number of aromatic hydroxyl groups is 1. The van der Waals surface area contributed by atoms with Crippen LogP contribution in [-0.2, 0) is 15.8 Å². The maximum absolute atomic E-state index is 13.5. The zero-order valence-electron chi connectivity index (χ0n) is 20.8. The number of anilines is 3. The summed E-state index contributed by atoms with van der Waals surface area (Å²) in [6.45, 7) is 5.46. The Morgan fingerprint density at radius 1 is 1.03 bits per heavy atom. The van der Waals surface area contributed by atoms with E-state index < -0.39 is 23.6 Å². The average Bonchev–Trinajstić information content (AvgIpc) is 3.13. The topological polar surface area (TPSA) is 89.9 Å². The van der Waals surface area contributed by atoms with E-state index in [9.17, 15) is 33.0 Å². The Hall–Kier alpha value is -4.53. The molecule has 1 aliphatic heterocycles. The van der Waals surface area contributed by atoms with Gasteiger partial charge in [0.15, 0.2) is 0 Å². The van der Waals surface area contributed by atoms with Gasteiger partial charge in [-0.05, 0) is 79.4 Å². The van der Waals surface area contributed by atoms with Crippen LogP contribution in [-0.4, -0.2) is 22.1 Å². The number of nitrogens with one attached hydrogen (secondary N) is 1. The molecule has 0 unspecified atom stereocenters. The molecule has 0 aromatic heterocycles. The molecule has 0 spiro atoms. The van der Waals surface area contributed by atoms with Crippen LogP contribution in [0.4, 0.5) is 30.2 Å². The van der Waals surface area contributed by atoms with Crippen LogP contribution in [0.25, 0.3) is 11.6 Å². The molecule has 3 N–H and O–H groups in total. The summed E-state index contributed by atoms with van der Waals surface area (Å²) >= 11 is 0. The fraction of sp³-hybridized carbons (Fsp3) is 0.172. The van der Waals surface area contributed by atoms with Crippen molar-refractivity contribution in [2.24, 2.45) is 0 Å². The van der Waals surface area contributed by atoms with Gasteiger partial charge < -0.3 is 15.5 Å². The summed E-state index contributed by atoms with van der Waals surface area (Å²) < 4.78 is 40.5. The number of aryl methyl sites for hydroxylation is 2. The molecule has 0 radical (unpaired) electrons. The first-order chi connectivity index (χ1) is 17.9. The van der Waals surface area contributed by atoms with E-state index in [-0.39, 0.29) is 28.3 Å². The second-order valence-corrected chi connectivity index (χ2v) is 8.95. The van der Waals surface area contributed by atoms with Gasteiger partial charge in [-0.1, -0.05) is 25.1 Å². The molecule has 6 nitrogen and oxygen atoms in total. The van der Waals surface area contributed by atoms with Gasteiger partial charge in [-0.15, -0.1) is 0 Å². The number of carboxylic acid groups (broad SMARTS) is 1. The molecule has 0 saturated carbocycles. The lowest BCUT2D eigenvalue weighted by Gasteiger charge is -2.19. The summed E-state index contributed by atoms with van der Waals surface area (Å²) in [5, 5.41) is 22.6. The third-order valence-corrected chi connectivity index (χ3v) is 6.43. The van der Waals surface area contributed by atoms with E-state index in [2.05, 4.69) is 5.32 Å². The molecule has 0 atom stereocenters. The van der Waals surface area contributed by atoms with Crippen LogP contribution in [0, 0.1) is 13.8 Å². The van der Waals surface area contributed by atoms with Gasteiger partial charge in [-0.2, -0.15) is 13.2 Å². The number of halogens is 3. The fourth-order valence-electron chi connectivity index (χ4n) is 4.15. The summed E-state index contributed by atoms with van der Waals surface area (Å²) in [5.74, 6) is -1.77. The number of carboxylic acids is 1. The number of benzene rings is 3. The van der Waals surface area contributed by atoms with Crippen LogP contribution in [0.5, 0.6) is 5.75 Å². The third-order valence-electron chi connectivity index (χ3n) is 6.43. The molecular formula is C29H25F3N2O4. The number of hydrogen-bond donors (Lipinski definition) is 3. The summed E-state index contributed by atoms with van der Waals surface area (Å²) in [5.41, 5.74) is 2.83. The molecule has 9 heteroatoms. The molecule has 0 aliphatic carbocycles. The highest BCUT2D eigenvalue weighted by Crippen LogP contribution is 2.44. The maximum atomic E-state index is 13.5. The Morgan fingerprint density at radius 2 is 1.76 bits per heavy atom. The fourth-order valence-corrected chi connectivity index (χ4v) is 4.15. The molecule has 3 aromatic carbocycles. The van der Waals surface area contributed by atoms with E-state index in [1.807, 2.05) is 13.8 Å². The Morgan fingerprint density at radius 3 is 2.37 bits per heavy atom. The van der Waals surface area contributed by atoms with E-state index >= 15 is 0 Å². The van der Waals surface area contributed by atoms with Crippen molar-refractivity contribution in [2.45, 2.75) is 33.4 Å². The minimum Gasteiger partial charge on any atom is -0.506 e. The van der Waals surface area contributed by atoms with E-state index in [0.29, 0.717) is 23.2 Å². The molecule has 38 heavy (non-hydrogen) atoms. The highest BCUT2D eigenvalue weighted by molar-refractivity contribution is 6.35. The van der Waals surface area contributed by atoms with Crippen LogP contribution in [0.2, 0.25) is 0 Å². The van der Waals surface area contributed by atoms with Crippen molar-refractivity contribution >= 4 is 40.6 Å². The first kappa shape index (κ1) is 26.5. The van der Waals surface area contributed by atoms with Crippen LogP contribution >= 0.6 is 0 Å². The molecule has 1 aliphatic rings. The Balaban J connectivity index is 1.74. The molecule has 4 rings (SSSR count). The predicted molar refractivity (Wildman–Crippen MR) is 140 cm³/mol. The SMILES string of the molecule is CCC(=Cc1ccc(NC=C2C(=O)N(c3ccc(C)c(C)c3)c3cc(C(F)(F)F)ccc32)c(O)c1)C(=O)O. The van der Waals surface area contributed by atoms with Gasteiger partial charge in [0.05, 0.1) is 22.5 Å². The van der Waals surface area contributed by atoms with Gasteiger partial charge in [0.1, 0.15) is 5.75 Å². The summed E-state index contributed by atoms with van der Waals surface area (Å²) in [6, 6.07) is 12.9. The van der Waals surface area contributed by atoms with Crippen molar-refractivity contribution in [2.75, 3.05) is 10.2 Å². The van der Waals surface area contributed by atoms with E-state index in [1.54, 1.807) is 31.2 Å². The Labute approximate surface area is 217 Å². The highest BCUT2D eigenvalue weighted by Gasteiger charge is 2.38. The van der Waals surface area contributed by atoms with Gasteiger partial charge in [0.25, 0.3) is 5.91 Å². The van der Waals surface area contributed by atoms with Gasteiger partial charge in [0, 0.05) is 23.0 Å². The lowest BCUT2D eigenvalue weighted by atomic mass is 10.0. The van der Waals surface area contributed by atoms with Crippen LogP contribution < -0.4 is 10.2 Å². The first-order valence-electron chi connectivity index (χ1n) is 11.8. The molecule has 1 amide bonds. The molecule has 0 bridgehead atoms. The largest absolute Gasteiger partial charge is 0.506 e. The minimum atomic E-state index is -4.59. The zero-order chi connectivity index (χ0) is 27.8. The van der Waals surface area contributed by atoms with Gasteiger partial charge in [-0.25, -0.2) is 4.79 Å².